The quantitative estimate of drug-likeness (QED) is 0.619. The second kappa shape index (κ2) is 4.98. The predicted molar refractivity (Wildman–Crippen MR) is 69.1 cm³/mol. The van der Waals surface area contributed by atoms with E-state index in [4.69, 9.17) is 9.47 Å². The van der Waals surface area contributed by atoms with Crippen LogP contribution in [-0.4, -0.2) is 62.1 Å². The number of anilines is 1. The summed E-state index contributed by atoms with van der Waals surface area (Å²) in [7, 11) is 4.99. The second-order valence-electron chi connectivity index (χ2n) is 4.15. The van der Waals surface area contributed by atoms with Crippen molar-refractivity contribution in [3.8, 4) is 0 Å². The molecule has 0 unspecified atom stereocenters. The normalized spacial score (nSPS) is 11.8. The number of hydrogen-bond acceptors (Lipinski definition) is 8. The van der Waals surface area contributed by atoms with Crippen molar-refractivity contribution in [3.05, 3.63) is 6.20 Å². The lowest BCUT2D eigenvalue weighted by Gasteiger charge is -2.14. The molecular formula is C10H14N8O2. The molecule has 3 aromatic heterocycles. The number of rotatable bonds is 5. The molecule has 0 aliphatic rings. The maximum atomic E-state index is 5.14. The predicted octanol–water partition coefficient (Wildman–Crippen LogP) is -0.563. The molecule has 10 heteroatoms. The van der Waals surface area contributed by atoms with Gasteiger partial charge in [-0.2, -0.15) is 5.10 Å². The van der Waals surface area contributed by atoms with Crippen molar-refractivity contribution in [2.45, 2.75) is 6.29 Å². The van der Waals surface area contributed by atoms with Crippen molar-refractivity contribution in [2.24, 2.45) is 7.05 Å². The zero-order chi connectivity index (χ0) is 14.1. The Kier molecular flexibility index (Phi) is 3.16. The van der Waals surface area contributed by atoms with Gasteiger partial charge in [0.05, 0.1) is 18.1 Å². The summed E-state index contributed by atoms with van der Waals surface area (Å²) in [6.07, 6.45) is 1.34. The highest BCUT2D eigenvalue weighted by atomic mass is 16.7. The number of fused-ring (bicyclic) bond motifs is 3. The minimum Gasteiger partial charge on any atom is -0.362 e. The zero-order valence-corrected chi connectivity index (χ0v) is 11.3. The summed E-state index contributed by atoms with van der Waals surface area (Å²) in [4.78, 5) is 0. The largest absolute Gasteiger partial charge is 0.362 e. The first kappa shape index (κ1) is 12.7. The lowest BCUT2D eigenvalue weighted by Crippen LogP contribution is -2.24. The van der Waals surface area contributed by atoms with Crippen LogP contribution in [0.2, 0.25) is 0 Å². The molecule has 3 aromatic rings. The van der Waals surface area contributed by atoms with E-state index in [1.807, 2.05) is 7.05 Å². The SMILES string of the molecule is COC(CNc1nn2nnnc2c2cnn(C)c12)OC. The smallest absolute Gasteiger partial charge is 0.211 e. The van der Waals surface area contributed by atoms with Crippen molar-refractivity contribution in [3.63, 3.8) is 0 Å². The van der Waals surface area contributed by atoms with E-state index in [1.54, 1.807) is 25.1 Å². The van der Waals surface area contributed by atoms with Gasteiger partial charge in [-0.25, -0.2) is 0 Å². The summed E-state index contributed by atoms with van der Waals surface area (Å²) in [6.45, 7) is 0.438. The number of aromatic nitrogens is 7. The van der Waals surface area contributed by atoms with Crippen LogP contribution in [0, 0.1) is 0 Å². The molecule has 0 fully saturated rings. The number of nitrogens with one attached hydrogen (secondary N) is 1. The fourth-order valence-electron chi connectivity index (χ4n) is 2.00. The molecule has 0 amide bonds. The molecule has 20 heavy (non-hydrogen) atoms. The maximum Gasteiger partial charge on any atom is 0.211 e. The third kappa shape index (κ3) is 1.94. The first-order valence-electron chi connectivity index (χ1n) is 5.94. The molecule has 0 aliphatic heterocycles. The van der Waals surface area contributed by atoms with E-state index in [1.165, 1.54) is 4.63 Å². The van der Waals surface area contributed by atoms with Gasteiger partial charge in [0.2, 0.25) is 5.65 Å². The molecule has 106 valence electrons. The fourth-order valence-corrected chi connectivity index (χ4v) is 2.00. The van der Waals surface area contributed by atoms with Crippen LogP contribution < -0.4 is 5.32 Å². The van der Waals surface area contributed by atoms with E-state index in [-0.39, 0.29) is 6.29 Å². The molecule has 0 aliphatic carbocycles. The summed E-state index contributed by atoms with van der Waals surface area (Å²) >= 11 is 0. The van der Waals surface area contributed by atoms with Crippen LogP contribution in [0.3, 0.4) is 0 Å². The van der Waals surface area contributed by atoms with E-state index in [0.717, 1.165) is 10.9 Å². The number of hydrogen-bond donors (Lipinski definition) is 1. The number of aryl methyl sites for hydroxylation is 1. The van der Waals surface area contributed by atoms with Crippen LogP contribution in [0.5, 0.6) is 0 Å². The van der Waals surface area contributed by atoms with Gasteiger partial charge in [0.15, 0.2) is 12.1 Å². The van der Waals surface area contributed by atoms with Gasteiger partial charge in [-0.1, -0.05) is 0 Å². The van der Waals surface area contributed by atoms with Crippen molar-refractivity contribution in [2.75, 3.05) is 26.1 Å². The van der Waals surface area contributed by atoms with Crippen molar-refractivity contribution in [1.82, 2.24) is 35.0 Å². The Balaban J connectivity index is 2.05. The zero-order valence-electron chi connectivity index (χ0n) is 11.3. The van der Waals surface area contributed by atoms with Crippen molar-refractivity contribution in [1.29, 1.82) is 0 Å². The van der Waals surface area contributed by atoms with Crippen LogP contribution in [0.15, 0.2) is 6.20 Å². The summed E-state index contributed by atoms with van der Waals surface area (Å²) in [5, 5.41) is 23.9. The van der Waals surface area contributed by atoms with E-state index in [2.05, 4.69) is 31.0 Å². The number of ether oxygens (including phenoxy) is 2. The third-order valence-corrected chi connectivity index (χ3v) is 3.01. The molecule has 0 saturated carbocycles. The summed E-state index contributed by atoms with van der Waals surface area (Å²) in [5.74, 6) is 0.610. The fraction of sp³-hybridized carbons (Fsp3) is 0.500. The van der Waals surface area contributed by atoms with Gasteiger partial charge < -0.3 is 14.8 Å². The Hall–Kier alpha value is -2.33. The van der Waals surface area contributed by atoms with Crippen LogP contribution in [0.4, 0.5) is 5.82 Å². The lowest BCUT2D eigenvalue weighted by molar-refractivity contribution is -0.0914. The molecular weight excluding hydrogens is 264 g/mol. The number of nitrogens with zero attached hydrogens (tertiary/aromatic N) is 7. The van der Waals surface area contributed by atoms with Gasteiger partial charge >= 0.3 is 0 Å². The third-order valence-electron chi connectivity index (χ3n) is 3.01. The molecule has 0 bridgehead atoms. The molecule has 0 radical (unpaired) electrons. The van der Waals surface area contributed by atoms with Gasteiger partial charge in [0.1, 0.15) is 5.52 Å². The highest BCUT2D eigenvalue weighted by Crippen LogP contribution is 2.22. The van der Waals surface area contributed by atoms with E-state index >= 15 is 0 Å². The van der Waals surface area contributed by atoms with Crippen LogP contribution in [-0.2, 0) is 16.5 Å². The molecule has 10 nitrogen and oxygen atoms in total. The lowest BCUT2D eigenvalue weighted by atomic mass is 10.3. The van der Waals surface area contributed by atoms with E-state index in [9.17, 15) is 0 Å². The summed E-state index contributed by atoms with van der Waals surface area (Å²) < 4.78 is 13.3. The first-order valence-corrected chi connectivity index (χ1v) is 5.94. The average Bonchev–Trinajstić information content (AvgIpc) is 3.06. The molecule has 0 aromatic carbocycles. The molecule has 0 atom stereocenters. The van der Waals surface area contributed by atoms with Gasteiger partial charge in [-0.15, -0.1) is 14.8 Å². The van der Waals surface area contributed by atoms with Gasteiger partial charge in [0.25, 0.3) is 0 Å². The van der Waals surface area contributed by atoms with Crippen LogP contribution in [0.1, 0.15) is 0 Å². The molecule has 3 rings (SSSR count). The molecule has 1 N–H and O–H groups in total. The molecule has 3 heterocycles. The molecule has 0 saturated heterocycles. The maximum absolute atomic E-state index is 5.14. The highest BCUT2D eigenvalue weighted by Gasteiger charge is 2.16. The standard InChI is InChI=1S/C10H14N8O2/c1-17-8-6(4-12-17)10-13-15-16-18(10)14-9(8)11-5-7(19-2)20-3/h4,7H,5H2,1-3H3,(H,11,14). The monoisotopic (exact) mass is 278 g/mol. The van der Waals surface area contributed by atoms with Crippen molar-refractivity contribution >= 4 is 22.4 Å². The Morgan fingerprint density at radius 1 is 1.35 bits per heavy atom. The molecule has 0 spiro atoms. The van der Waals surface area contributed by atoms with Crippen molar-refractivity contribution < 1.29 is 9.47 Å². The number of tetrazole rings is 1. The minimum absolute atomic E-state index is 0.371. The summed E-state index contributed by atoms with van der Waals surface area (Å²) in [5.41, 5.74) is 1.38. The first-order chi connectivity index (χ1) is 9.74. The Labute approximate surface area is 113 Å². The van der Waals surface area contributed by atoms with Gasteiger partial charge in [-0.3, -0.25) is 4.68 Å². The van der Waals surface area contributed by atoms with Gasteiger partial charge in [0, 0.05) is 21.3 Å². The topological polar surface area (TPSA) is 104 Å². The van der Waals surface area contributed by atoms with Crippen LogP contribution in [0.25, 0.3) is 16.6 Å². The highest BCUT2D eigenvalue weighted by molar-refractivity contribution is 5.97. The Morgan fingerprint density at radius 2 is 2.15 bits per heavy atom. The van der Waals surface area contributed by atoms with E-state index in [0.29, 0.717) is 18.0 Å². The minimum atomic E-state index is -0.371. The number of methoxy groups -OCH3 is 2. The Bertz CT molecular complexity index is 731. The second-order valence-corrected chi connectivity index (χ2v) is 4.15. The van der Waals surface area contributed by atoms with Gasteiger partial charge in [-0.05, 0) is 10.4 Å². The van der Waals surface area contributed by atoms with Crippen LogP contribution >= 0.6 is 0 Å². The Morgan fingerprint density at radius 3 is 2.90 bits per heavy atom. The average molecular weight is 278 g/mol. The summed E-state index contributed by atoms with van der Waals surface area (Å²) in [6, 6.07) is 0. The van der Waals surface area contributed by atoms with E-state index < -0.39 is 0 Å².